The monoisotopic (exact) mass is 803 g/mol. The van der Waals surface area contributed by atoms with Crippen molar-refractivity contribution in [1.29, 1.82) is 0 Å². The van der Waals surface area contributed by atoms with Crippen molar-refractivity contribution in [2.45, 2.75) is 206 Å². The Balaban J connectivity index is 1.01. The summed E-state index contributed by atoms with van der Waals surface area (Å²) >= 11 is 0. The molecule has 6 nitrogen and oxygen atoms in total. The molecule has 16 unspecified atom stereocenters. The molecule has 328 valence electrons. The van der Waals surface area contributed by atoms with Gasteiger partial charge >= 0.3 is 0 Å². The average molecular weight is 803 g/mol. The predicted molar refractivity (Wildman–Crippen MR) is 237 cm³/mol. The Morgan fingerprint density at radius 1 is 0.776 bits per heavy atom. The predicted octanol–water partition coefficient (Wildman–Crippen LogP) is 10.8. The van der Waals surface area contributed by atoms with Crippen LogP contribution in [0.1, 0.15) is 177 Å². The number of aliphatic hydroxyl groups excluding tert-OH is 1. The van der Waals surface area contributed by atoms with Crippen LogP contribution in [-0.2, 0) is 4.74 Å². The fourth-order valence-electron chi connectivity index (χ4n) is 17.0. The number of rotatable bonds is 12. The number of allylic oxidation sites excluding steroid dienone is 2. The highest BCUT2D eigenvalue weighted by molar-refractivity contribution is 5.51. The van der Waals surface area contributed by atoms with Gasteiger partial charge in [0.15, 0.2) is 0 Å². The molecule has 0 aromatic heterocycles. The van der Waals surface area contributed by atoms with Gasteiger partial charge in [-0.05, 0) is 238 Å². The first kappa shape index (κ1) is 43.4. The molecule has 8 aliphatic rings. The van der Waals surface area contributed by atoms with Gasteiger partial charge in [-0.2, -0.15) is 0 Å². The summed E-state index contributed by atoms with van der Waals surface area (Å²) in [4.78, 5) is 4.68. The maximum Gasteiger partial charge on any atom is 0.0797 e. The Kier molecular flexibility index (Phi) is 12.1. The van der Waals surface area contributed by atoms with Crippen LogP contribution >= 0.6 is 0 Å². The van der Waals surface area contributed by atoms with Gasteiger partial charge in [0.1, 0.15) is 0 Å². The van der Waals surface area contributed by atoms with Crippen molar-refractivity contribution < 1.29 is 20.1 Å². The molecule has 58 heavy (non-hydrogen) atoms. The Bertz CT molecular complexity index is 1550. The van der Waals surface area contributed by atoms with Gasteiger partial charge in [-0.25, -0.2) is 0 Å². The number of nitrogens with zero attached hydrogens (tertiary/aromatic N) is 1. The molecule has 8 rings (SSSR count). The van der Waals surface area contributed by atoms with Crippen molar-refractivity contribution in [2.24, 2.45) is 92.6 Å². The summed E-state index contributed by atoms with van der Waals surface area (Å²) in [7, 11) is 0. The molecule has 0 bridgehead atoms. The van der Waals surface area contributed by atoms with E-state index in [1.807, 2.05) is 27.7 Å². The van der Waals surface area contributed by atoms with E-state index in [1.54, 1.807) is 11.1 Å². The number of hydrogen-bond acceptors (Lipinski definition) is 5. The summed E-state index contributed by atoms with van der Waals surface area (Å²) in [5.74, 6) is 8.00. The molecule has 6 saturated carbocycles. The summed E-state index contributed by atoms with van der Waals surface area (Å²) in [6.07, 6.45) is 28.8. The van der Waals surface area contributed by atoms with Crippen LogP contribution in [0.15, 0.2) is 28.3 Å². The molecule has 0 aliphatic heterocycles. The smallest absolute Gasteiger partial charge is 0.0797 e. The molecule has 6 fully saturated rings. The highest BCUT2D eigenvalue weighted by Crippen LogP contribution is 2.68. The van der Waals surface area contributed by atoms with Gasteiger partial charge in [-0.15, -0.1) is 0 Å². The third-order valence-corrected chi connectivity index (χ3v) is 19.5. The van der Waals surface area contributed by atoms with Crippen LogP contribution in [0.2, 0.25) is 0 Å². The first-order chi connectivity index (χ1) is 27.3. The Morgan fingerprint density at radius 3 is 2.19 bits per heavy atom. The molecule has 0 amide bonds. The van der Waals surface area contributed by atoms with Crippen LogP contribution in [0.4, 0.5) is 0 Å². The van der Waals surface area contributed by atoms with Crippen LogP contribution in [-0.4, -0.2) is 57.2 Å². The van der Waals surface area contributed by atoms with E-state index in [-0.39, 0.29) is 23.2 Å². The molecule has 0 radical (unpaired) electrons. The van der Waals surface area contributed by atoms with Gasteiger partial charge in [0.2, 0.25) is 0 Å². The second-order valence-electron chi connectivity index (χ2n) is 24.5. The second-order valence-corrected chi connectivity index (χ2v) is 24.5. The fourth-order valence-corrected chi connectivity index (χ4v) is 17.0. The molecule has 0 heterocycles. The SMILES string of the molecule is CC(C)(O)CCC(CN=CN)C1CCC2C3CC=C4CC(O)CCC4C3CC(C)(OC3CCC4C(=CCC5C4CCC4(C)C5CCC4C(C)(C)CCC(C)(C)O)C3)C12. The quantitative estimate of drug-likeness (QED) is 0.0893. The summed E-state index contributed by atoms with van der Waals surface area (Å²) in [5.41, 5.74) is 8.39. The van der Waals surface area contributed by atoms with E-state index < -0.39 is 11.2 Å². The molecule has 0 aromatic rings. The number of fused-ring (bicyclic) bond motifs is 10. The van der Waals surface area contributed by atoms with Gasteiger partial charge in [0.05, 0.1) is 35.3 Å². The molecule has 0 spiro atoms. The lowest BCUT2D eigenvalue weighted by Crippen LogP contribution is -2.57. The largest absolute Gasteiger partial charge is 0.393 e. The Labute approximate surface area is 354 Å². The van der Waals surface area contributed by atoms with E-state index in [0.29, 0.717) is 46.8 Å². The van der Waals surface area contributed by atoms with Gasteiger partial charge in [0.25, 0.3) is 0 Å². The van der Waals surface area contributed by atoms with E-state index in [4.69, 9.17) is 10.5 Å². The Hall–Kier alpha value is -1.21. The fraction of sp³-hybridized carbons (Fsp3) is 0.904. The molecular formula is C52H86N2O4. The number of aliphatic imine (C=N–C) groups is 1. The highest BCUT2D eigenvalue weighted by Gasteiger charge is 2.62. The minimum atomic E-state index is -0.688. The summed E-state index contributed by atoms with van der Waals surface area (Å²) in [6.45, 7) is 18.9. The standard InChI is InChI=1S/C52H86N2O4/c1-48(2,25-26-50(5,6)57)46-20-19-45-42-14-10-33-28-36(12-16-37(33)41(42)22-24-51(45,46)7)58-52(8)29-44-38-15-11-35(55)27-32(38)9-13-40(44)43-18-17-39(47(43)52)34(30-54-31-53)21-23-49(3,4)56/h9-10,31,34-47,55-57H,11-30H2,1-8H3,(H2,53,54). The van der Waals surface area contributed by atoms with Crippen molar-refractivity contribution in [3.8, 4) is 0 Å². The van der Waals surface area contributed by atoms with Crippen LogP contribution in [0.25, 0.3) is 0 Å². The number of ether oxygens (including phenoxy) is 1. The van der Waals surface area contributed by atoms with E-state index in [0.717, 1.165) is 93.9 Å². The summed E-state index contributed by atoms with van der Waals surface area (Å²) in [6, 6.07) is 0. The van der Waals surface area contributed by atoms with E-state index in [1.165, 1.54) is 70.5 Å². The zero-order valence-electron chi connectivity index (χ0n) is 38.2. The first-order valence-electron chi connectivity index (χ1n) is 24.7. The zero-order chi connectivity index (χ0) is 41.4. The molecule has 16 atom stereocenters. The third-order valence-electron chi connectivity index (χ3n) is 19.5. The minimum Gasteiger partial charge on any atom is -0.393 e. The van der Waals surface area contributed by atoms with E-state index in [2.05, 4.69) is 44.8 Å². The van der Waals surface area contributed by atoms with Crippen LogP contribution in [0.3, 0.4) is 0 Å². The van der Waals surface area contributed by atoms with Gasteiger partial charge < -0.3 is 25.8 Å². The maximum atomic E-state index is 10.9. The summed E-state index contributed by atoms with van der Waals surface area (Å²) in [5, 5.41) is 32.1. The Morgan fingerprint density at radius 2 is 1.47 bits per heavy atom. The van der Waals surface area contributed by atoms with Crippen molar-refractivity contribution in [3.63, 3.8) is 0 Å². The first-order valence-corrected chi connectivity index (χ1v) is 24.7. The van der Waals surface area contributed by atoms with E-state index in [9.17, 15) is 15.3 Å². The van der Waals surface area contributed by atoms with E-state index >= 15 is 0 Å². The van der Waals surface area contributed by atoms with Crippen molar-refractivity contribution >= 4 is 6.34 Å². The van der Waals surface area contributed by atoms with Crippen LogP contribution in [0.5, 0.6) is 0 Å². The van der Waals surface area contributed by atoms with Crippen molar-refractivity contribution in [1.82, 2.24) is 0 Å². The van der Waals surface area contributed by atoms with Gasteiger partial charge in [-0.1, -0.05) is 44.1 Å². The van der Waals surface area contributed by atoms with Crippen LogP contribution in [0, 0.1) is 81.8 Å². The lowest BCUT2D eigenvalue weighted by molar-refractivity contribution is -0.192. The molecule has 0 saturated heterocycles. The molecule has 5 N–H and O–H groups in total. The number of hydrogen-bond donors (Lipinski definition) is 4. The molecule has 0 aromatic carbocycles. The lowest BCUT2D eigenvalue weighted by atomic mass is 9.49. The topological polar surface area (TPSA) is 108 Å². The van der Waals surface area contributed by atoms with Crippen LogP contribution < -0.4 is 5.73 Å². The summed E-state index contributed by atoms with van der Waals surface area (Å²) < 4.78 is 7.84. The molecule has 8 aliphatic carbocycles. The van der Waals surface area contributed by atoms with Crippen molar-refractivity contribution in [3.05, 3.63) is 23.3 Å². The van der Waals surface area contributed by atoms with Gasteiger partial charge in [0, 0.05) is 6.54 Å². The van der Waals surface area contributed by atoms with Gasteiger partial charge in [-0.3, -0.25) is 4.99 Å². The zero-order valence-corrected chi connectivity index (χ0v) is 38.2. The highest BCUT2D eigenvalue weighted by atomic mass is 16.5. The second kappa shape index (κ2) is 16.2. The number of nitrogens with two attached hydrogens (primary N) is 1. The normalized spacial score (nSPS) is 44.6. The average Bonchev–Trinajstić information content (AvgIpc) is 3.76. The lowest BCUT2D eigenvalue weighted by Gasteiger charge is -2.58. The van der Waals surface area contributed by atoms with Crippen molar-refractivity contribution in [2.75, 3.05) is 6.54 Å². The molecule has 6 heteroatoms. The minimum absolute atomic E-state index is 0.170. The molecular weight excluding hydrogens is 717 g/mol. The maximum absolute atomic E-state index is 10.9. The number of aliphatic hydroxyl groups is 3. The third kappa shape index (κ3) is 8.35.